The van der Waals surface area contributed by atoms with Gasteiger partial charge in [0.2, 0.25) is 11.8 Å². The Morgan fingerprint density at radius 1 is 1.12 bits per heavy atom. The Bertz CT molecular complexity index is 598. The fraction of sp³-hybridized carbons (Fsp3) is 0.579. The molecule has 0 radical (unpaired) electrons. The third-order valence-corrected chi connectivity index (χ3v) is 4.46. The first-order valence-electron chi connectivity index (χ1n) is 9.23. The summed E-state index contributed by atoms with van der Waals surface area (Å²) in [7, 11) is 1.79. The highest BCUT2D eigenvalue weighted by Gasteiger charge is 2.18. The summed E-state index contributed by atoms with van der Waals surface area (Å²) in [4.78, 5) is 30.3. The number of nitrogens with one attached hydrogen (secondary N) is 1. The van der Waals surface area contributed by atoms with Gasteiger partial charge < -0.3 is 19.9 Å². The minimum atomic E-state index is -0.124. The lowest BCUT2D eigenvalue weighted by Gasteiger charge is -2.30. The Labute approximate surface area is 155 Å². The number of anilines is 2. The monoisotopic (exact) mass is 362 g/mol. The Morgan fingerprint density at radius 2 is 1.77 bits per heavy atom. The molecule has 1 aromatic carbocycles. The molecule has 0 aliphatic carbocycles. The van der Waals surface area contributed by atoms with E-state index in [4.69, 9.17) is 4.74 Å². The number of benzene rings is 1. The molecule has 1 saturated heterocycles. The summed E-state index contributed by atoms with van der Waals surface area (Å²) in [5.41, 5.74) is 1.80. The van der Waals surface area contributed by atoms with Crippen molar-refractivity contribution in [3.05, 3.63) is 24.3 Å². The molecule has 26 heavy (non-hydrogen) atoms. The van der Waals surface area contributed by atoms with Crippen molar-refractivity contribution in [3.63, 3.8) is 0 Å². The highest BCUT2D eigenvalue weighted by atomic mass is 16.5. The largest absolute Gasteiger partial charge is 0.378 e. The van der Waals surface area contributed by atoms with E-state index in [0.29, 0.717) is 26.3 Å². The molecule has 1 fully saturated rings. The van der Waals surface area contributed by atoms with E-state index in [1.807, 2.05) is 38.1 Å². The van der Waals surface area contributed by atoms with Crippen molar-refractivity contribution in [2.75, 3.05) is 69.7 Å². The molecule has 1 aliphatic rings. The topological polar surface area (TPSA) is 65.1 Å². The molecule has 0 bridgehead atoms. The third-order valence-electron chi connectivity index (χ3n) is 4.46. The van der Waals surface area contributed by atoms with E-state index in [9.17, 15) is 9.59 Å². The van der Waals surface area contributed by atoms with E-state index in [0.717, 1.165) is 24.5 Å². The van der Waals surface area contributed by atoms with Crippen molar-refractivity contribution in [1.82, 2.24) is 9.80 Å². The SMILES string of the molecule is CCN(CC)C(=O)CN(C)CC(=O)Nc1ccccc1N1CCOCC1. The smallest absolute Gasteiger partial charge is 0.238 e. The second-order valence-corrected chi connectivity index (χ2v) is 6.40. The minimum absolute atomic E-state index is 0.0408. The summed E-state index contributed by atoms with van der Waals surface area (Å²) >= 11 is 0. The van der Waals surface area contributed by atoms with Crippen molar-refractivity contribution in [3.8, 4) is 0 Å². The van der Waals surface area contributed by atoms with Crippen LogP contribution in [0.25, 0.3) is 0 Å². The standard InChI is InChI=1S/C19H30N4O3/c1-4-22(5-2)19(25)15-21(3)14-18(24)20-16-8-6-7-9-17(16)23-10-12-26-13-11-23/h6-9H,4-5,10-15H2,1-3H3,(H,20,24). The molecule has 0 aromatic heterocycles. The van der Waals surface area contributed by atoms with Crippen LogP contribution in [0.5, 0.6) is 0 Å². The number of carbonyl (C=O) groups excluding carboxylic acids is 2. The van der Waals surface area contributed by atoms with Crippen LogP contribution in [0, 0.1) is 0 Å². The maximum Gasteiger partial charge on any atom is 0.238 e. The molecule has 0 unspecified atom stereocenters. The Kier molecular flexibility index (Phi) is 7.87. The Hall–Kier alpha value is -2.12. The molecule has 0 saturated carbocycles. The lowest BCUT2D eigenvalue weighted by molar-refractivity contribution is -0.132. The van der Waals surface area contributed by atoms with Gasteiger partial charge in [-0.3, -0.25) is 14.5 Å². The number of carbonyl (C=O) groups is 2. The number of hydrogen-bond acceptors (Lipinski definition) is 5. The van der Waals surface area contributed by atoms with Crippen LogP contribution in [0.4, 0.5) is 11.4 Å². The first-order chi connectivity index (χ1) is 12.5. The molecule has 1 aliphatic heterocycles. The van der Waals surface area contributed by atoms with Gasteiger partial charge in [0.15, 0.2) is 0 Å². The van der Waals surface area contributed by atoms with E-state index >= 15 is 0 Å². The number of para-hydroxylation sites is 2. The van der Waals surface area contributed by atoms with Crippen LogP contribution in [0.3, 0.4) is 0 Å². The lowest BCUT2D eigenvalue weighted by atomic mass is 10.2. The third kappa shape index (κ3) is 5.71. The summed E-state index contributed by atoms with van der Waals surface area (Å²) < 4.78 is 5.40. The predicted molar refractivity (Wildman–Crippen MR) is 104 cm³/mol. The van der Waals surface area contributed by atoms with Crippen molar-refractivity contribution < 1.29 is 14.3 Å². The highest BCUT2D eigenvalue weighted by Crippen LogP contribution is 2.26. The molecular formula is C19H30N4O3. The fourth-order valence-electron chi connectivity index (χ4n) is 3.06. The molecular weight excluding hydrogens is 332 g/mol. The number of amides is 2. The van der Waals surface area contributed by atoms with Crippen LogP contribution in [0.1, 0.15) is 13.8 Å². The van der Waals surface area contributed by atoms with Gasteiger partial charge in [0, 0.05) is 26.2 Å². The number of rotatable bonds is 8. The van der Waals surface area contributed by atoms with E-state index in [2.05, 4.69) is 10.2 Å². The van der Waals surface area contributed by atoms with E-state index in [1.165, 1.54) is 0 Å². The highest BCUT2D eigenvalue weighted by molar-refractivity contribution is 5.95. The van der Waals surface area contributed by atoms with Gasteiger partial charge in [-0.15, -0.1) is 0 Å². The fourth-order valence-corrected chi connectivity index (χ4v) is 3.06. The number of likely N-dealkylation sites (N-methyl/N-ethyl adjacent to an activating group) is 2. The first-order valence-corrected chi connectivity index (χ1v) is 9.23. The Balaban J connectivity index is 1.92. The van der Waals surface area contributed by atoms with E-state index < -0.39 is 0 Å². The molecule has 1 heterocycles. The average Bonchev–Trinajstić information content (AvgIpc) is 2.63. The quantitative estimate of drug-likeness (QED) is 0.754. The molecule has 2 rings (SSSR count). The van der Waals surface area contributed by atoms with Gasteiger partial charge in [0.05, 0.1) is 37.7 Å². The van der Waals surface area contributed by atoms with Crippen LogP contribution in [-0.4, -0.2) is 81.1 Å². The molecule has 7 nitrogen and oxygen atoms in total. The number of morpholine rings is 1. The number of hydrogen-bond donors (Lipinski definition) is 1. The van der Waals surface area contributed by atoms with Crippen molar-refractivity contribution >= 4 is 23.2 Å². The molecule has 0 spiro atoms. The van der Waals surface area contributed by atoms with E-state index in [1.54, 1.807) is 16.8 Å². The van der Waals surface area contributed by atoms with Gasteiger partial charge in [0.25, 0.3) is 0 Å². The zero-order chi connectivity index (χ0) is 18.9. The van der Waals surface area contributed by atoms with Gasteiger partial charge in [0.1, 0.15) is 0 Å². The molecule has 7 heteroatoms. The maximum atomic E-state index is 12.4. The van der Waals surface area contributed by atoms with Gasteiger partial charge in [-0.1, -0.05) is 12.1 Å². The van der Waals surface area contributed by atoms with Crippen molar-refractivity contribution in [2.45, 2.75) is 13.8 Å². The second-order valence-electron chi connectivity index (χ2n) is 6.40. The van der Waals surface area contributed by atoms with Gasteiger partial charge in [-0.25, -0.2) is 0 Å². The van der Waals surface area contributed by atoms with Crippen molar-refractivity contribution in [1.29, 1.82) is 0 Å². The summed E-state index contributed by atoms with van der Waals surface area (Å²) in [6, 6.07) is 7.79. The summed E-state index contributed by atoms with van der Waals surface area (Å²) in [5.74, 6) is -0.0837. The van der Waals surface area contributed by atoms with Gasteiger partial charge in [-0.2, -0.15) is 0 Å². The normalized spacial score (nSPS) is 14.4. The molecule has 1 aromatic rings. The number of nitrogens with zero attached hydrogens (tertiary/aromatic N) is 3. The summed E-state index contributed by atoms with van der Waals surface area (Å²) in [5, 5.41) is 2.98. The molecule has 0 atom stereocenters. The van der Waals surface area contributed by atoms with E-state index in [-0.39, 0.29) is 24.9 Å². The lowest BCUT2D eigenvalue weighted by Crippen LogP contribution is -2.41. The summed E-state index contributed by atoms with van der Waals surface area (Å²) in [6.07, 6.45) is 0. The molecule has 2 amide bonds. The minimum Gasteiger partial charge on any atom is -0.378 e. The second kappa shape index (κ2) is 10.1. The van der Waals surface area contributed by atoms with Gasteiger partial charge >= 0.3 is 0 Å². The Morgan fingerprint density at radius 3 is 2.42 bits per heavy atom. The first kappa shape index (κ1) is 20.2. The predicted octanol–water partition coefficient (Wildman–Crippen LogP) is 1.26. The molecule has 1 N–H and O–H groups in total. The van der Waals surface area contributed by atoms with Crippen LogP contribution in [0.2, 0.25) is 0 Å². The zero-order valence-electron chi connectivity index (χ0n) is 16.0. The zero-order valence-corrected chi connectivity index (χ0v) is 16.0. The average molecular weight is 362 g/mol. The summed E-state index contributed by atoms with van der Waals surface area (Å²) in [6.45, 7) is 8.69. The van der Waals surface area contributed by atoms with Crippen LogP contribution in [-0.2, 0) is 14.3 Å². The van der Waals surface area contributed by atoms with Crippen LogP contribution < -0.4 is 10.2 Å². The van der Waals surface area contributed by atoms with Crippen LogP contribution >= 0.6 is 0 Å². The van der Waals surface area contributed by atoms with Crippen molar-refractivity contribution in [2.24, 2.45) is 0 Å². The maximum absolute atomic E-state index is 12.4. The van der Waals surface area contributed by atoms with Crippen LogP contribution in [0.15, 0.2) is 24.3 Å². The number of ether oxygens (including phenoxy) is 1. The van der Waals surface area contributed by atoms with Gasteiger partial charge in [-0.05, 0) is 33.0 Å². The molecule has 144 valence electrons.